The van der Waals surface area contributed by atoms with Crippen LogP contribution in [0.1, 0.15) is 23.7 Å². The molecule has 0 atom stereocenters. The van der Waals surface area contributed by atoms with Gasteiger partial charge in [0.05, 0.1) is 12.3 Å². The van der Waals surface area contributed by atoms with Gasteiger partial charge in [-0.25, -0.2) is 0 Å². The van der Waals surface area contributed by atoms with E-state index in [0.29, 0.717) is 16.8 Å². The lowest BCUT2D eigenvalue weighted by atomic mass is 10.1. The third kappa shape index (κ3) is 2.93. The fourth-order valence-electron chi connectivity index (χ4n) is 1.29. The second-order valence-corrected chi connectivity index (χ2v) is 3.41. The first-order chi connectivity index (χ1) is 7.56. The fraction of sp³-hybridized carbons (Fsp3) is 0.455. The summed E-state index contributed by atoms with van der Waals surface area (Å²) in [5.41, 5.74) is 1.79. The second-order valence-electron chi connectivity index (χ2n) is 3.41. The average molecular weight is 225 g/mol. The zero-order chi connectivity index (χ0) is 12.1. The molecule has 0 bridgehead atoms. The standard InChI is InChI=1S/C11H15NO4/c1-7-11(14)10(6-15-3)9(4-12-7)5-16-8(2)13/h4,14H,5-6H2,1-3H3. The predicted octanol–water partition coefficient (Wildman–Crippen LogP) is 1.31. The summed E-state index contributed by atoms with van der Waals surface area (Å²) in [6.07, 6.45) is 1.58. The van der Waals surface area contributed by atoms with E-state index in [9.17, 15) is 9.90 Å². The molecule has 0 radical (unpaired) electrons. The summed E-state index contributed by atoms with van der Waals surface area (Å²) in [6.45, 7) is 3.38. The second kappa shape index (κ2) is 5.46. The number of pyridine rings is 1. The first-order valence-corrected chi connectivity index (χ1v) is 4.85. The van der Waals surface area contributed by atoms with Gasteiger partial charge < -0.3 is 14.6 Å². The Morgan fingerprint density at radius 1 is 1.50 bits per heavy atom. The minimum Gasteiger partial charge on any atom is -0.506 e. The molecule has 1 rings (SSSR count). The lowest BCUT2D eigenvalue weighted by molar-refractivity contribution is -0.142. The molecule has 0 saturated heterocycles. The largest absolute Gasteiger partial charge is 0.506 e. The minimum absolute atomic E-state index is 0.0894. The highest BCUT2D eigenvalue weighted by Crippen LogP contribution is 2.24. The van der Waals surface area contributed by atoms with Crippen molar-refractivity contribution in [2.45, 2.75) is 27.1 Å². The molecule has 1 aromatic heterocycles. The molecule has 0 aliphatic rings. The van der Waals surface area contributed by atoms with Gasteiger partial charge in [-0.1, -0.05) is 0 Å². The number of aromatic hydroxyl groups is 1. The highest BCUT2D eigenvalue weighted by Gasteiger charge is 2.12. The van der Waals surface area contributed by atoms with Crippen LogP contribution in [-0.4, -0.2) is 23.2 Å². The molecule has 1 aromatic rings. The van der Waals surface area contributed by atoms with E-state index in [2.05, 4.69) is 4.98 Å². The highest BCUT2D eigenvalue weighted by molar-refractivity contribution is 5.66. The number of aromatic nitrogens is 1. The zero-order valence-electron chi connectivity index (χ0n) is 9.61. The van der Waals surface area contributed by atoms with Gasteiger partial charge in [-0.2, -0.15) is 0 Å². The molecule has 0 aliphatic heterocycles. The van der Waals surface area contributed by atoms with Crippen molar-refractivity contribution in [1.29, 1.82) is 0 Å². The highest BCUT2D eigenvalue weighted by atomic mass is 16.5. The van der Waals surface area contributed by atoms with Crippen molar-refractivity contribution in [2.75, 3.05) is 7.11 Å². The smallest absolute Gasteiger partial charge is 0.302 e. The molecule has 5 nitrogen and oxygen atoms in total. The van der Waals surface area contributed by atoms with Crippen LogP contribution in [0.5, 0.6) is 5.75 Å². The molecule has 1 heterocycles. The number of carbonyl (C=O) groups excluding carboxylic acids is 1. The van der Waals surface area contributed by atoms with Crippen LogP contribution in [0.2, 0.25) is 0 Å². The van der Waals surface area contributed by atoms with E-state index in [1.807, 2.05) is 0 Å². The Morgan fingerprint density at radius 2 is 2.19 bits per heavy atom. The van der Waals surface area contributed by atoms with Crippen molar-refractivity contribution >= 4 is 5.97 Å². The number of ether oxygens (including phenoxy) is 2. The van der Waals surface area contributed by atoms with Crippen LogP contribution in [0.3, 0.4) is 0 Å². The van der Waals surface area contributed by atoms with Gasteiger partial charge in [0.1, 0.15) is 12.4 Å². The lowest BCUT2D eigenvalue weighted by Gasteiger charge is -2.11. The maximum absolute atomic E-state index is 10.7. The van der Waals surface area contributed by atoms with Gasteiger partial charge in [-0.15, -0.1) is 0 Å². The zero-order valence-corrected chi connectivity index (χ0v) is 9.61. The summed E-state index contributed by atoms with van der Waals surface area (Å²) in [6, 6.07) is 0. The molecular weight excluding hydrogens is 210 g/mol. The molecule has 0 aromatic carbocycles. The minimum atomic E-state index is -0.372. The van der Waals surface area contributed by atoms with E-state index in [1.54, 1.807) is 13.1 Å². The molecule has 1 N–H and O–H groups in total. The van der Waals surface area contributed by atoms with E-state index in [4.69, 9.17) is 9.47 Å². The van der Waals surface area contributed by atoms with Gasteiger partial charge in [-0.05, 0) is 6.92 Å². The van der Waals surface area contributed by atoms with Crippen LogP contribution >= 0.6 is 0 Å². The Bertz CT molecular complexity index is 390. The Labute approximate surface area is 94.0 Å². The van der Waals surface area contributed by atoms with E-state index >= 15 is 0 Å². The number of hydrogen-bond acceptors (Lipinski definition) is 5. The van der Waals surface area contributed by atoms with Crippen molar-refractivity contribution in [3.8, 4) is 5.75 Å². The Hall–Kier alpha value is -1.62. The Balaban J connectivity index is 2.98. The Morgan fingerprint density at radius 3 is 2.75 bits per heavy atom. The summed E-state index contributed by atoms with van der Waals surface area (Å²) in [5, 5.41) is 9.79. The fourth-order valence-corrected chi connectivity index (χ4v) is 1.29. The molecule has 0 amide bonds. The van der Waals surface area contributed by atoms with Crippen LogP contribution in [0.4, 0.5) is 0 Å². The number of hydrogen-bond donors (Lipinski definition) is 1. The molecule has 0 saturated carbocycles. The van der Waals surface area contributed by atoms with Crippen molar-refractivity contribution < 1.29 is 19.4 Å². The van der Waals surface area contributed by atoms with Crippen molar-refractivity contribution in [1.82, 2.24) is 4.98 Å². The van der Waals surface area contributed by atoms with Crippen LogP contribution in [0.25, 0.3) is 0 Å². The number of esters is 1. The third-order valence-corrected chi connectivity index (χ3v) is 2.15. The van der Waals surface area contributed by atoms with Crippen LogP contribution in [0, 0.1) is 6.92 Å². The van der Waals surface area contributed by atoms with Gasteiger partial charge in [0.15, 0.2) is 0 Å². The molecule has 0 unspecified atom stereocenters. The molecule has 0 spiro atoms. The van der Waals surface area contributed by atoms with Gasteiger partial charge in [0.2, 0.25) is 0 Å². The molecule has 16 heavy (non-hydrogen) atoms. The van der Waals surface area contributed by atoms with Crippen molar-refractivity contribution in [3.63, 3.8) is 0 Å². The topological polar surface area (TPSA) is 68.7 Å². The van der Waals surface area contributed by atoms with Gasteiger partial charge in [-0.3, -0.25) is 9.78 Å². The van der Waals surface area contributed by atoms with Crippen LogP contribution < -0.4 is 0 Å². The lowest BCUT2D eigenvalue weighted by Crippen LogP contribution is -2.05. The maximum Gasteiger partial charge on any atom is 0.302 e. The van der Waals surface area contributed by atoms with E-state index in [0.717, 1.165) is 0 Å². The molecule has 5 heteroatoms. The quantitative estimate of drug-likeness (QED) is 0.782. The molecule has 0 aliphatic carbocycles. The number of aryl methyl sites for hydroxylation is 1. The van der Waals surface area contributed by atoms with E-state index < -0.39 is 0 Å². The van der Waals surface area contributed by atoms with Crippen LogP contribution in [-0.2, 0) is 27.5 Å². The first-order valence-electron chi connectivity index (χ1n) is 4.85. The van der Waals surface area contributed by atoms with Crippen LogP contribution in [0.15, 0.2) is 6.20 Å². The number of carbonyl (C=O) groups is 1. The maximum atomic E-state index is 10.7. The summed E-state index contributed by atoms with van der Waals surface area (Å²) >= 11 is 0. The number of rotatable bonds is 4. The van der Waals surface area contributed by atoms with E-state index in [-0.39, 0.29) is 24.9 Å². The average Bonchev–Trinajstić information content (AvgIpc) is 2.24. The van der Waals surface area contributed by atoms with Crippen molar-refractivity contribution in [3.05, 3.63) is 23.0 Å². The van der Waals surface area contributed by atoms with E-state index in [1.165, 1.54) is 14.0 Å². The predicted molar refractivity (Wildman–Crippen MR) is 56.8 cm³/mol. The molecule has 88 valence electrons. The Kier molecular flexibility index (Phi) is 4.25. The third-order valence-electron chi connectivity index (χ3n) is 2.15. The number of methoxy groups -OCH3 is 1. The molecular formula is C11H15NO4. The summed E-state index contributed by atoms with van der Waals surface area (Å²) < 4.78 is 9.85. The monoisotopic (exact) mass is 225 g/mol. The SMILES string of the molecule is COCc1c(COC(C)=O)cnc(C)c1O. The number of nitrogens with zero attached hydrogens (tertiary/aromatic N) is 1. The van der Waals surface area contributed by atoms with Gasteiger partial charge in [0, 0.05) is 31.4 Å². The van der Waals surface area contributed by atoms with Gasteiger partial charge >= 0.3 is 5.97 Å². The van der Waals surface area contributed by atoms with Gasteiger partial charge in [0.25, 0.3) is 0 Å². The summed E-state index contributed by atoms with van der Waals surface area (Å²) in [7, 11) is 1.53. The first kappa shape index (κ1) is 12.4. The molecule has 0 fully saturated rings. The summed E-state index contributed by atoms with van der Waals surface area (Å²) in [4.78, 5) is 14.7. The summed E-state index contributed by atoms with van der Waals surface area (Å²) in [5.74, 6) is -0.282. The normalized spacial score (nSPS) is 10.2. The van der Waals surface area contributed by atoms with Crippen molar-refractivity contribution in [2.24, 2.45) is 0 Å².